The number of carbonyl (C=O) groups excluding carboxylic acids is 10. The molecule has 0 unspecified atom stereocenters. The molecule has 31 nitrogen and oxygen atoms in total. The number of hydrogen-bond donors (Lipinski definition) is 3. The fourth-order valence-corrected chi connectivity index (χ4v) is 19.0. The number of Topliss-reactive ketones (excluding diaryl/α,β-unsaturated/α-hetero) is 1. The Hall–Kier alpha value is -9.01. The Morgan fingerprint density at radius 1 is 0.420 bits per heavy atom. The van der Waals surface area contributed by atoms with Crippen molar-refractivity contribution < 1.29 is 155 Å². The van der Waals surface area contributed by atoms with Crippen LogP contribution >= 0.6 is 0 Å². The molecule has 5 aliphatic carbocycles. The largest absolute Gasteiger partial charge is 0.540 e. The second-order valence-corrected chi connectivity index (χ2v) is 40.5. The molecule has 131 heavy (non-hydrogen) atoms. The monoisotopic (exact) mass is 1920 g/mol. The van der Waals surface area contributed by atoms with Crippen LogP contribution in [-0.4, -0.2) is 225 Å². The first-order valence-corrected chi connectivity index (χ1v) is 45.2. The second-order valence-electron chi connectivity index (χ2n) is 40.5. The summed E-state index contributed by atoms with van der Waals surface area (Å²) in [6.07, 6.45) is 14.5. The van der Waals surface area contributed by atoms with E-state index in [1.807, 2.05) is 98.1 Å². The third-order valence-electron chi connectivity index (χ3n) is 28.2. The number of nitrogens with one attached hydrogen (secondary N) is 3. The van der Waals surface area contributed by atoms with Crippen molar-refractivity contribution in [2.45, 2.75) is 284 Å². The number of aromatic nitrogens is 6. The third kappa shape index (κ3) is 22.8. The van der Waals surface area contributed by atoms with Crippen LogP contribution in [0.2, 0.25) is 0 Å². The van der Waals surface area contributed by atoms with Gasteiger partial charge in [0.15, 0.2) is 0 Å². The van der Waals surface area contributed by atoms with Crippen LogP contribution in [-0.2, 0) is 123 Å². The summed E-state index contributed by atoms with van der Waals surface area (Å²) in [6, 6.07) is 10.7. The van der Waals surface area contributed by atoms with Gasteiger partial charge in [-0.25, -0.2) is 63.1 Å². The van der Waals surface area contributed by atoms with E-state index in [2.05, 4.69) is 38.5 Å². The van der Waals surface area contributed by atoms with Crippen LogP contribution in [0.3, 0.4) is 0 Å². The fraction of sp³-hybridized carbons (Fsp3) is 0.642. The van der Waals surface area contributed by atoms with Crippen molar-refractivity contribution in [3.8, 4) is 34.9 Å². The SMILES string of the molecule is CC[C@@H]1[C@@H]2CN(C(=O)[C@H](C(C)(C)C)NC(=O)O[C@@H]3C[C@H]3CCC3(CCc4nc5ccc(OC)cc5nc4O2)CC3)[C@@H]1[C-]=O.COc1ccc2nc3c(nc2c1)O[C@H]1CN(C(=O)[C@H](C(C)(C)C)NC(=O)O[C@@H]2C[C@H]2CC(=O)C(F)(F)CC3)[C@H]([C-]=O)[C@@H]1C.COc1ccc2nc3c(nc2c1)O[C@H]1CN(C(=O)[C@H](C(C)(C)C)NC(=O)O[C@@H]2C[C@H]2CCC2(CC3)CC2)[C@H]([C-]=O)[C@@H]1C.[V].[V].[V]. The third-order valence-corrected chi connectivity index (χ3v) is 28.2. The first kappa shape index (κ1) is 101. The van der Waals surface area contributed by atoms with Crippen molar-refractivity contribution in [2.24, 2.45) is 62.6 Å². The molecule has 3 saturated heterocycles. The molecule has 3 aromatic carbocycles. The fourth-order valence-electron chi connectivity index (χ4n) is 19.0. The standard InChI is InChI=1S/C33H43N4O6.C32H41N4O6.C30H35F2N4O7.3V/c1-6-21-25(18-38)37-17-27(21)42-29-23(34-22-8-7-20(41-5)16-24(22)35-29)10-12-33(13-14-33)11-9-19-15-26(19)43-31(40)36-28(30(37)39)32(2,3)4;1-18-24(17-37)36-16-26(18)41-28-22(33-21-7-6-20(40-5)15-23(21)34-28)9-11-32(12-13-32)10-8-19-14-25(19)42-30(39)35-27(29(36)38)31(2,3)4;1-15-21(14-37)36-13-23(15)42-26-19(33-18-7-6-17(41-5)12-20(18)34-26)8-9-30(31,32)24(38)11-16-10-22(16)43-28(40)35-25(27(36)39)29(2,3)4;;;/h7-8,16,19,21,25-28H,6,9-15,17H2,1-5H3,(H,36,40);6-7,15,18-19,24-27H,8-14,16H2,1-5H3,(H,35,39);6-7,12,15-16,21-23,25H,8-11,13H2,1-5H3,(H,35,40);;;/q3*-1;;;/t19-,21+,25-,26-,27+,28-;18-,19+,24+,25+,26-,27+;15-,16-,21+,22+,23-,25+;;;/m100.../s1. The van der Waals surface area contributed by atoms with Crippen molar-refractivity contribution >= 4 is 93.7 Å². The number of amides is 6. The van der Waals surface area contributed by atoms with Crippen LogP contribution in [0.15, 0.2) is 54.6 Å². The molecule has 8 fully saturated rings. The van der Waals surface area contributed by atoms with Gasteiger partial charge in [-0.2, -0.15) is 8.78 Å². The van der Waals surface area contributed by atoms with Crippen molar-refractivity contribution in [3.05, 3.63) is 71.7 Å². The first-order chi connectivity index (χ1) is 60.7. The minimum Gasteiger partial charge on any atom is -0.540 e. The molecule has 3 N–H and O–H groups in total. The summed E-state index contributed by atoms with van der Waals surface area (Å²) in [7, 11) is 4.72. The Kier molecular flexibility index (Phi) is 31.0. The summed E-state index contributed by atoms with van der Waals surface area (Å²) in [6.45, 7) is 22.4. The predicted molar refractivity (Wildman–Crippen MR) is 463 cm³/mol. The van der Waals surface area contributed by atoms with Crippen LogP contribution in [0.1, 0.15) is 203 Å². The van der Waals surface area contributed by atoms with Crippen LogP contribution in [0, 0.1) is 62.6 Å². The van der Waals surface area contributed by atoms with E-state index < -0.39 is 137 Å². The molecule has 5 saturated carbocycles. The number of halogens is 2. The van der Waals surface area contributed by atoms with E-state index >= 15 is 8.78 Å². The number of alkyl carbamates (subject to hydrolysis) is 3. The molecule has 6 aromatic rings. The molecule has 17 rings (SSSR count). The zero-order valence-corrected chi connectivity index (χ0v) is 81.2. The summed E-state index contributed by atoms with van der Waals surface area (Å²) in [5, 5.41) is 8.27. The molecule has 6 amide bonds. The van der Waals surface area contributed by atoms with Gasteiger partial charge >= 0.3 is 24.2 Å². The number of aryl methyl sites for hydroxylation is 3. The van der Waals surface area contributed by atoms with E-state index in [1.54, 1.807) is 60.1 Å². The van der Waals surface area contributed by atoms with E-state index in [4.69, 9.17) is 62.6 Å². The van der Waals surface area contributed by atoms with E-state index in [0.29, 0.717) is 69.3 Å². The van der Waals surface area contributed by atoms with Crippen LogP contribution < -0.4 is 44.4 Å². The number of ketones is 1. The van der Waals surface area contributed by atoms with Gasteiger partial charge in [-0.15, -0.1) is 0 Å². The van der Waals surface area contributed by atoms with Gasteiger partial charge < -0.3 is 87.7 Å². The molecule has 705 valence electrons. The summed E-state index contributed by atoms with van der Waals surface area (Å²) in [4.78, 5) is 163. The maximum atomic E-state index is 15.1. The van der Waals surface area contributed by atoms with Gasteiger partial charge in [0, 0.05) is 99.0 Å². The summed E-state index contributed by atoms with van der Waals surface area (Å²) < 4.78 is 82.6. The van der Waals surface area contributed by atoms with Gasteiger partial charge in [-0.1, -0.05) is 108 Å². The molecule has 3 aromatic heterocycles. The quantitative estimate of drug-likeness (QED) is 0.0987. The molecule has 9 heterocycles. The number of alkyl halides is 2. The zero-order chi connectivity index (χ0) is 91.6. The minimum absolute atomic E-state index is 0. The smallest absolute Gasteiger partial charge is 0.408 e. The molecule has 3 radical (unpaired) electrons. The number of carbonyl (C=O) groups is 7. The van der Waals surface area contributed by atoms with Gasteiger partial charge in [0.25, 0.3) is 0 Å². The summed E-state index contributed by atoms with van der Waals surface area (Å²) in [5.74, 6) is -4.52. The van der Waals surface area contributed by atoms with E-state index in [9.17, 15) is 47.9 Å². The minimum atomic E-state index is -3.66. The Labute approximate surface area is 798 Å². The molecular formula is C95H119F2N12O19V3-3. The Bertz CT molecular complexity index is 5260. The zero-order valence-electron chi connectivity index (χ0n) is 77.0. The maximum absolute atomic E-state index is 15.1. The summed E-state index contributed by atoms with van der Waals surface area (Å²) >= 11 is 0. The molecule has 6 bridgehead atoms. The number of fused-ring (bicyclic) bond motifs is 15. The number of methoxy groups -OCH3 is 3. The first-order valence-electron chi connectivity index (χ1n) is 45.2. The number of benzene rings is 3. The predicted octanol–water partition coefficient (Wildman–Crippen LogP) is 12.6. The maximum Gasteiger partial charge on any atom is 0.408 e. The molecular weight excluding hydrogens is 1800 g/mol. The van der Waals surface area contributed by atoms with Gasteiger partial charge in [0.05, 0.1) is 74.1 Å². The van der Waals surface area contributed by atoms with Crippen LogP contribution in [0.25, 0.3) is 33.1 Å². The Morgan fingerprint density at radius 3 is 1.07 bits per heavy atom. The molecule has 18 atom stereocenters. The summed E-state index contributed by atoms with van der Waals surface area (Å²) in [5.41, 5.74) is 3.86. The number of ether oxygens (including phenoxy) is 9. The topological polar surface area (TPSA) is 377 Å². The number of rotatable bonds is 7. The van der Waals surface area contributed by atoms with Crippen LogP contribution in [0.4, 0.5) is 23.2 Å². The number of hydrogen-bond acceptors (Lipinski definition) is 25. The van der Waals surface area contributed by atoms with Gasteiger partial charge in [-0.05, 0) is 189 Å². The molecule has 2 spiro atoms. The van der Waals surface area contributed by atoms with Gasteiger partial charge in [0.2, 0.25) is 41.1 Å². The van der Waals surface area contributed by atoms with Gasteiger partial charge in [0.1, 0.15) is 89.1 Å². The average molecular weight is 1920 g/mol. The van der Waals surface area contributed by atoms with E-state index in [1.165, 1.54) is 47.5 Å². The van der Waals surface area contributed by atoms with E-state index in [-0.39, 0.29) is 146 Å². The average Bonchev–Trinajstić information content (AvgIpc) is 1.65. The van der Waals surface area contributed by atoms with Crippen molar-refractivity contribution in [1.82, 2.24) is 60.6 Å². The van der Waals surface area contributed by atoms with Crippen molar-refractivity contribution in [3.63, 3.8) is 0 Å². The van der Waals surface area contributed by atoms with Crippen molar-refractivity contribution in [1.29, 1.82) is 0 Å². The Morgan fingerprint density at radius 2 is 0.740 bits per heavy atom. The molecule has 36 heteroatoms. The van der Waals surface area contributed by atoms with Gasteiger partial charge in [-0.3, -0.25) is 19.2 Å². The normalized spacial score (nSPS) is 29.8. The molecule has 11 aliphatic rings. The molecule has 6 aliphatic heterocycles. The second kappa shape index (κ2) is 40.3. The van der Waals surface area contributed by atoms with E-state index in [0.717, 1.165) is 86.6 Å². The number of nitrogens with zero attached hydrogens (tertiary/aromatic N) is 9. The van der Waals surface area contributed by atoms with Crippen LogP contribution in [0.5, 0.6) is 34.9 Å². The Balaban J connectivity index is 0.000000176. The van der Waals surface area contributed by atoms with Crippen molar-refractivity contribution in [2.75, 3.05) is 41.0 Å².